The van der Waals surface area contributed by atoms with Gasteiger partial charge >= 0.3 is 0 Å². The van der Waals surface area contributed by atoms with Crippen LogP contribution in [-0.2, 0) is 15.0 Å². The topological polar surface area (TPSA) is 72.2 Å². The maximum atomic E-state index is 11.7. The van der Waals surface area contributed by atoms with E-state index in [2.05, 4.69) is 4.72 Å². The lowest BCUT2D eigenvalue weighted by molar-refractivity contribution is 0.454. The molecule has 0 bridgehead atoms. The van der Waals surface area contributed by atoms with Crippen LogP contribution in [0.4, 0.5) is 0 Å². The first-order valence-electron chi connectivity index (χ1n) is 6.37. The molecule has 2 aromatic carbocycles. The van der Waals surface area contributed by atoms with E-state index in [1.807, 2.05) is 36.4 Å². The molecule has 2 rings (SSSR count). The summed E-state index contributed by atoms with van der Waals surface area (Å²) in [6, 6.07) is 17.3. The van der Waals surface area contributed by atoms with Crippen LogP contribution < -0.4 is 10.5 Å². The molecule has 0 aliphatic heterocycles. The van der Waals surface area contributed by atoms with E-state index in [9.17, 15) is 8.42 Å². The highest BCUT2D eigenvalue weighted by molar-refractivity contribution is 7.88. The minimum Gasteiger partial charge on any atom is -0.321 e. The second-order valence-corrected chi connectivity index (χ2v) is 7.19. The maximum Gasteiger partial charge on any atom is 0.210 e. The van der Waals surface area contributed by atoms with E-state index >= 15 is 0 Å². The Bertz CT molecular complexity index is 692. The van der Waals surface area contributed by atoms with Crippen LogP contribution in [-0.4, -0.2) is 14.7 Å². The molecule has 0 amide bonds. The summed E-state index contributed by atoms with van der Waals surface area (Å²) in [6.45, 7) is 0. The second kappa shape index (κ2) is 6.15. The number of sulfonamides is 1. The normalized spacial score (nSPS) is 16.1. The van der Waals surface area contributed by atoms with Crippen molar-refractivity contribution in [1.29, 1.82) is 0 Å². The molecule has 0 aliphatic rings. The SMILES string of the molecule is CS(=O)(=O)N[C@](Cl)(c1ccccc1)[C@@H](N)c1ccccc1. The first-order valence-corrected chi connectivity index (χ1v) is 8.64. The Kier molecular flexibility index (Phi) is 4.68. The Morgan fingerprint density at radius 3 is 2.00 bits per heavy atom. The van der Waals surface area contributed by atoms with Crippen molar-refractivity contribution >= 4 is 21.6 Å². The van der Waals surface area contributed by atoms with Crippen molar-refractivity contribution < 1.29 is 8.42 Å². The van der Waals surface area contributed by atoms with Crippen molar-refractivity contribution in [3.63, 3.8) is 0 Å². The van der Waals surface area contributed by atoms with Crippen molar-refractivity contribution in [3.8, 4) is 0 Å². The molecule has 112 valence electrons. The van der Waals surface area contributed by atoms with Gasteiger partial charge in [0.05, 0.1) is 12.3 Å². The van der Waals surface area contributed by atoms with E-state index < -0.39 is 21.1 Å². The van der Waals surface area contributed by atoms with E-state index in [1.54, 1.807) is 24.3 Å². The summed E-state index contributed by atoms with van der Waals surface area (Å²) in [5.41, 5.74) is 7.59. The molecule has 0 aromatic heterocycles. The summed E-state index contributed by atoms with van der Waals surface area (Å²) in [5, 5.41) is 0. The lowest BCUT2D eigenvalue weighted by Gasteiger charge is -2.34. The largest absolute Gasteiger partial charge is 0.321 e. The van der Waals surface area contributed by atoms with Gasteiger partial charge in [-0.05, 0) is 11.1 Å². The molecule has 0 radical (unpaired) electrons. The van der Waals surface area contributed by atoms with Crippen LogP contribution in [0.15, 0.2) is 60.7 Å². The summed E-state index contributed by atoms with van der Waals surface area (Å²) < 4.78 is 25.9. The highest BCUT2D eigenvalue weighted by Crippen LogP contribution is 2.37. The molecule has 6 heteroatoms. The minimum atomic E-state index is -3.54. The van der Waals surface area contributed by atoms with Gasteiger partial charge in [0.15, 0.2) is 5.00 Å². The Morgan fingerprint density at radius 1 is 1.05 bits per heavy atom. The van der Waals surface area contributed by atoms with Crippen LogP contribution in [0.5, 0.6) is 0 Å². The predicted octanol–water partition coefficient (Wildman–Crippen LogP) is 2.33. The number of rotatable bonds is 5. The van der Waals surface area contributed by atoms with Gasteiger partial charge in [-0.15, -0.1) is 0 Å². The predicted molar refractivity (Wildman–Crippen MR) is 85.3 cm³/mol. The molecule has 0 aliphatic carbocycles. The molecule has 2 aromatic rings. The van der Waals surface area contributed by atoms with Crippen LogP contribution >= 0.6 is 11.6 Å². The van der Waals surface area contributed by atoms with Crippen LogP contribution in [0.2, 0.25) is 0 Å². The molecule has 0 heterocycles. The molecule has 0 saturated heterocycles. The number of benzene rings is 2. The van der Waals surface area contributed by atoms with E-state index in [0.29, 0.717) is 5.56 Å². The quantitative estimate of drug-likeness (QED) is 0.655. The van der Waals surface area contributed by atoms with Gasteiger partial charge in [-0.25, -0.2) is 8.42 Å². The van der Waals surface area contributed by atoms with E-state index in [-0.39, 0.29) is 0 Å². The summed E-state index contributed by atoms with van der Waals surface area (Å²) >= 11 is 6.62. The van der Waals surface area contributed by atoms with E-state index in [0.717, 1.165) is 11.8 Å². The maximum absolute atomic E-state index is 11.7. The van der Waals surface area contributed by atoms with Gasteiger partial charge in [0.1, 0.15) is 0 Å². The van der Waals surface area contributed by atoms with Crippen molar-refractivity contribution in [2.45, 2.75) is 11.0 Å². The lowest BCUT2D eigenvalue weighted by Crippen LogP contribution is -2.48. The van der Waals surface area contributed by atoms with Crippen molar-refractivity contribution in [2.75, 3.05) is 6.26 Å². The fourth-order valence-corrected chi connectivity index (χ4v) is 3.60. The van der Waals surface area contributed by atoms with Gasteiger partial charge in [0, 0.05) is 0 Å². The van der Waals surface area contributed by atoms with Crippen molar-refractivity contribution in [3.05, 3.63) is 71.8 Å². The zero-order valence-electron chi connectivity index (χ0n) is 11.5. The Morgan fingerprint density at radius 2 is 1.52 bits per heavy atom. The molecule has 0 spiro atoms. The van der Waals surface area contributed by atoms with Crippen molar-refractivity contribution in [1.82, 2.24) is 4.72 Å². The molecule has 21 heavy (non-hydrogen) atoms. The summed E-state index contributed by atoms with van der Waals surface area (Å²) in [4.78, 5) is -1.45. The van der Waals surface area contributed by atoms with Crippen LogP contribution in [0.3, 0.4) is 0 Å². The average molecular weight is 325 g/mol. The first-order chi connectivity index (χ1) is 9.83. The number of nitrogens with two attached hydrogens (primary N) is 1. The summed E-state index contributed by atoms with van der Waals surface area (Å²) in [5.74, 6) is 0. The molecule has 2 atom stereocenters. The summed E-state index contributed by atoms with van der Waals surface area (Å²) in [6.07, 6.45) is 1.06. The zero-order chi connectivity index (χ0) is 15.5. The average Bonchev–Trinajstić information content (AvgIpc) is 2.46. The molecule has 0 fully saturated rings. The number of halogens is 1. The van der Waals surface area contributed by atoms with Gasteiger partial charge < -0.3 is 5.73 Å². The van der Waals surface area contributed by atoms with Gasteiger partial charge in [0.25, 0.3) is 0 Å². The van der Waals surface area contributed by atoms with Crippen molar-refractivity contribution in [2.24, 2.45) is 5.73 Å². The molecule has 0 unspecified atom stereocenters. The monoisotopic (exact) mass is 324 g/mol. The Labute approximate surface area is 130 Å². The minimum absolute atomic E-state index is 0.591. The Hall–Kier alpha value is -1.40. The molecule has 0 saturated carbocycles. The third kappa shape index (κ3) is 3.83. The number of hydrogen-bond donors (Lipinski definition) is 2. The van der Waals surface area contributed by atoms with Crippen LogP contribution in [0.1, 0.15) is 17.2 Å². The van der Waals surface area contributed by atoms with Gasteiger partial charge in [-0.3, -0.25) is 0 Å². The third-order valence-corrected chi connectivity index (χ3v) is 4.47. The number of nitrogens with one attached hydrogen (secondary N) is 1. The standard InChI is InChI=1S/C15H17ClN2O2S/c1-21(19,20)18-15(16,13-10-6-3-7-11-13)14(17)12-8-4-2-5-9-12/h2-11,14,18H,17H2,1H3/t14-,15+/m0/s1. The van der Waals surface area contributed by atoms with Gasteiger partial charge in [-0.1, -0.05) is 72.3 Å². The molecule has 4 nitrogen and oxygen atoms in total. The number of alkyl halides is 1. The van der Waals surface area contributed by atoms with Gasteiger partial charge in [0.2, 0.25) is 10.0 Å². The fraction of sp³-hybridized carbons (Fsp3) is 0.200. The highest BCUT2D eigenvalue weighted by Gasteiger charge is 2.40. The summed E-state index contributed by atoms with van der Waals surface area (Å²) in [7, 11) is -3.54. The smallest absolute Gasteiger partial charge is 0.210 e. The first kappa shape index (κ1) is 16.0. The molecular weight excluding hydrogens is 308 g/mol. The lowest BCUT2D eigenvalue weighted by atomic mass is 9.94. The van der Waals surface area contributed by atoms with E-state index in [4.69, 9.17) is 17.3 Å². The highest BCUT2D eigenvalue weighted by atomic mass is 35.5. The van der Waals surface area contributed by atoms with Gasteiger partial charge in [-0.2, -0.15) is 4.72 Å². The molecule has 3 N–H and O–H groups in total. The molecular formula is C15H17ClN2O2S. The zero-order valence-corrected chi connectivity index (χ0v) is 13.1. The Balaban J connectivity index is 2.51. The second-order valence-electron chi connectivity index (χ2n) is 4.84. The van der Waals surface area contributed by atoms with Crippen LogP contribution in [0.25, 0.3) is 0 Å². The van der Waals surface area contributed by atoms with Crippen LogP contribution in [0, 0.1) is 0 Å². The van der Waals surface area contributed by atoms with E-state index in [1.165, 1.54) is 0 Å². The third-order valence-electron chi connectivity index (χ3n) is 3.12. The fourth-order valence-electron chi connectivity index (χ4n) is 2.14. The number of hydrogen-bond acceptors (Lipinski definition) is 3.